The van der Waals surface area contributed by atoms with Gasteiger partial charge in [0.25, 0.3) is 11.8 Å². The fourth-order valence-electron chi connectivity index (χ4n) is 3.39. The van der Waals surface area contributed by atoms with Crippen LogP contribution in [0.5, 0.6) is 0 Å². The molecule has 1 aliphatic rings. The summed E-state index contributed by atoms with van der Waals surface area (Å²) in [6.45, 7) is 5.00. The second-order valence-corrected chi connectivity index (χ2v) is 7.74. The van der Waals surface area contributed by atoms with E-state index in [-0.39, 0.29) is 24.4 Å². The largest absolute Gasteiger partial charge is 0.348 e. The fraction of sp³-hybridized carbons (Fsp3) is 0.579. The van der Waals surface area contributed by atoms with Crippen molar-refractivity contribution in [2.45, 2.75) is 39.2 Å². The molecule has 0 heterocycles. The predicted octanol–water partition coefficient (Wildman–Crippen LogP) is 1.73. The number of carbonyl (C=O) groups is 2. The van der Waals surface area contributed by atoms with Gasteiger partial charge in [-0.25, -0.2) is 0 Å². The number of anilines is 1. The summed E-state index contributed by atoms with van der Waals surface area (Å²) in [6, 6.07) is 7.23. The van der Waals surface area contributed by atoms with Crippen LogP contribution in [0.15, 0.2) is 24.3 Å². The monoisotopic (exact) mass is 366 g/mol. The Balaban J connectivity index is 1.75. The van der Waals surface area contributed by atoms with Crippen LogP contribution in [0.3, 0.4) is 0 Å². The van der Waals surface area contributed by atoms with Crippen molar-refractivity contribution in [1.82, 2.24) is 5.32 Å². The number of carbonyl (C=O) groups excluding carboxylic acids is 2. The molecule has 1 saturated carbocycles. The molecule has 0 aromatic heterocycles. The van der Waals surface area contributed by atoms with Crippen LogP contribution in [0.25, 0.3) is 0 Å². The smallest absolute Gasteiger partial charge is 0.279 e. The molecular formula is C19H29ClN3O2+. The van der Waals surface area contributed by atoms with Crippen molar-refractivity contribution >= 4 is 29.1 Å². The second-order valence-electron chi connectivity index (χ2n) is 7.31. The third-order valence-corrected chi connectivity index (χ3v) is 5.36. The van der Waals surface area contributed by atoms with E-state index >= 15 is 0 Å². The molecule has 138 valence electrons. The molecular weight excluding hydrogens is 338 g/mol. The summed E-state index contributed by atoms with van der Waals surface area (Å²) >= 11 is 5.83. The first kappa shape index (κ1) is 19.7. The number of rotatable bonds is 6. The van der Waals surface area contributed by atoms with Gasteiger partial charge in [0.2, 0.25) is 0 Å². The molecule has 5 nitrogen and oxygen atoms in total. The molecule has 0 spiro atoms. The van der Waals surface area contributed by atoms with E-state index in [4.69, 9.17) is 11.6 Å². The van der Waals surface area contributed by atoms with Crippen molar-refractivity contribution in [2.24, 2.45) is 11.8 Å². The highest BCUT2D eigenvalue weighted by atomic mass is 35.5. The minimum atomic E-state index is -0.118. The molecule has 1 aromatic rings. The summed E-state index contributed by atoms with van der Waals surface area (Å²) in [5, 5.41) is 6.60. The molecule has 3 N–H and O–H groups in total. The Morgan fingerprint density at radius 3 is 2.44 bits per heavy atom. The van der Waals surface area contributed by atoms with Crippen molar-refractivity contribution < 1.29 is 14.5 Å². The maximum atomic E-state index is 12.3. The maximum absolute atomic E-state index is 12.3. The predicted molar refractivity (Wildman–Crippen MR) is 101 cm³/mol. The van der Waals surface area contributed by atoms with E-state index in [1.807, 2.05) is 7.05 Å². The first-order valence-electron chi connectivity index (χ1n) is 9.01. The standard InChI is InChI=1S/C19H28ClN3O2/c1-13-5-4-6-17(14(13)2)22-19(25)12-23(3)11-18(24)21-16-9-7-15(20)8-10-16/h7-10,13-14,17H,4-6,11-12H2,1-3H3,(H,21,24)(H,22,25)/p+1/t13-,14-,17-/m1/s1. The van der Waals surface area contributed by atoms with E-state index in [0.29, 0.717) is 29.1 Å². The Kier molecular flexibility index (Phi) is 7.26. The van der Waals surface area contributed by atoms with Crippen LogP contribution in [0, 0.1) is 11.8 Å². The Morgan fingerprint density at radius 1 is 1.12 bits per heavy atom. The van der Waals surface area contributed by atoms with Crippen LogP contribution < -0.4 is 15.5 Å². The van der Waals surface area contributed by atoms with Gasteiger partial charge in [-0.1, -0.05) is 38.3 Å². The van der Waals surface area contributed by atoms with Crippen molar-refractivity contribution in [1.29, 1.82) is 0 Å². The minimum absolute atomic E-state index is 0.0164. The molecule has 25 heavy (non-hydrogen) atoms. The number of halogens is 1. The lowest BCUT2D eigenvalue weighted by Crippen LogP contribution is -3.11. The van der Waals surface area contributed by atoms with Gasteiger partial charge in [-0.3, -0.25) is 9.59 Å². The van der Waals surface area contributed by atoms with Gasteiger partial charge in [0, 0.05) is 16.8 Å². The average Bonchev–Trinajstić information content (AvgIpc) is 2.53. The van der Waals surface area contributed by atoms with Gasteiger partial charge in [0.1, 0.15) is 0 Å². The van der Waals surface area contributed by atoms with Gasteiger partial charge in [0.05, 0.1) is 7.05 Å². The quantitative estimate of drug-likeness (QED) is 0.718. The molecule has 2 amide bonds. The summed E-state index contributed by atoms with van der Waals surface area (Å²) in [7, 11) is 1.86. The van der Waals surface area contributed by atoms with Gasteiger partial charge in [-0.2, -0.15) is 0 Å². The Hall–Kier alpha value is -1.59. The number of hydrogen-bond acceptors (Lipinski definition) is 2. The van der Waals surface area contributed by atoms with Crippen LogP contribution in [-0.4, -0.2) is 38.0 Å². The lowest BCUT2D eigenvalue weighted by Gasteiger charge is -2.34. The lowest BCUT2D eigenvalue weighted by atomic mass is 9.78. The van der Waals surface area contributed by atoms with E-state index in [1.165, 1.54) is 12.8 Å². The highest BCUT2D eigenvalue weighted by Crippen LogP contribution is 2.29. The molecule has 1 fully saturated rings. The number of nitrogens with one attached hydrogen (secondary N) is 3. The molecule has 1 unspecified atom stereocenters. The zero-order chi connectivity index (χ0) is 18.4. The van der Waals surface area contributed by atoms with Crippen LogP contribution in [0.1, 0.15) is 33.1 Å². The van der Waals surface area contributed by atoms with Gasteiger partial charge < -0.3 is 15.5 Å². The molecule has 0 bridgehead atoms. The van der Waals surface area contributed by atoms with Crippen molar-refractivity contribution in [3.8, 4) is 0 Å². The van der Waals surface area contributed by atoms with Gasteiger partial charge in [-0.05, 0) is 42.5 Å². The number of amides is 2. The SMILES string of the molecule is C[C@@H]1[C@H](C)CCC[C@H]1NC(=O)C[NH+](C)CC(=O)Nc1ccc(Cl)cc1. The van der Waals surface area contributed by atoms with E-state index in [2.05, 4.69) is 24.5 Å². The van der Waals surface area contributed by atoms with E-state index in [9.17, 15) is 9.59 Å². The molecule has 2 rings (SSSR count). The molecule has 0 radical (unpaired) electrons. The third-order valence-electron chi connectivity index (χ3n) is 5.11. The number of benzene rings is 1. The summed E-state index contributed by atoms with van der Waals surface area (Å²) in [5.74, 6) is 1.05. The summed E-state index contributed by atoms with van der Waals surface area (Å²) in [6.07, 6.45) is 3.46. The highest BCUT2D eigenvalue weighted by Gasteiger charge is 2.28. The van der Waals surface area contributed by atoms with Crippen molar-refractivity contribution in [3.05, 3.63) is 29.3 Å². The average molecular weight is 367 g/mol. The molecule has 6 heteroatoms. The molecule has 4 atom stereocenters. The van der Waals surface area contributed by atoms with Crippen LogP contribution in [-0.2, 0) is 9.59 Å². The summed E-state index contributed by atoms with van der Waals surface area (Å²) < 4.78 is 0. The van der Waals surface area contributed by atoms with E-state index in [0.717, 1.165) is 11.3 Å². The van der Waals surface area contributed by atoms with Gasteiger partial charge in [0.15, 0.2) is 13.1 Å². The molecule has 0 saturated heterocycles. The number of hydrogen-bond donors (Lipinski definition) is 3. The molecule has 1 aliphatic carbocycles. The van der Waals surface area contributed by atoms with Crippen LogP contribution >= 0.6 is 11.6 Å². The van der Waals surface area contributed by atoms with Crippen LogP contribution in [0.4, 0.5) is 5.69 Å². The Bertz CT molecular complexity index is 591. The van der Waals surface area contributed by atoms with Crippen molar-refractivity contribution in [3.63, 3.8) is 0 Å². The van der Waals surface area contributed by atoms with Crippen LogP contribution in [0.2, 0.25) is 5.02 Å². The Labute approximate surface area is 155 Å². The normalized spacial score (nSPS) is 24.4. The first-order valence-corrected chi connectivity index (χ1v) is 9.39. The topological polar surface area (TPSA) is 62.6 Å². The van der Waals surface area contributed by atoms with E-state index in [1.54, 1.807) is 24.3 Å². The zero-order valence-corrected chi connectivity index (χ0v) is 16.0. The van der Waals surface area contributed by atoms with Gasteiger partial charge >= 0.3 is 0 Å². The van der Waals surface area contributed by atoms with Gasteiger partial charge in [-0.15, -0.1) is 0 Å². The minimum Gasteiger partial charge on any atom is -0.348 e. The molecule has 0 aliphatic heterocycles. The third kappa shape index (κ3) is 6.33. The van der Waals surface area contributed by atoms with E-state index < -0.39 is 0 Å². The second kappa shape index (κ2) is 9.20. The maximum Gasteiger partial charge on any atom is 0.279 e. The summed E-state index contributed by atoms with van der Waals surface area (Å²) in [5.41, 5.74) is 0.705. The molecule has 1 aromatic carbocycles. The number of quaternary nitrogens is 1. The summed E-state index contributed by atoms with van der Waals surface area (Å²) in [4.78, 5) is 25.2. The zero-order valence-electron chi connectivity index (χ0n) is 15.3. The first-order chi connectivity index (χ1) is 11.8. The highest BCUT2D eigenvalue weighted by molar-refractivity contribution is 6.30. The number of likely N-dealkylation sites (N-methyl/N-ethyl adjacent to an activating group) is 1. The van der Waals surface area contributed by atoms with Crippen molar-refractivity contribution in [2.75, 3.05) is 25.5 Å². The fourth-order valence-corrected chi connectivity index (χ4v) is 3.52. The Morgan fingerprint density at radius 2 is 1.76 bits per heavy atom. The lowest BCUT2D eigenvalue weighted by molar-refractivity contribution is -0.862.